The van der Waals surface area contributed by atoms with E-state index in [9.17, 15) is 13.2 Å². The van der Waals surface area contributed by atoms with Crippen LogP contribution >= 0.6 is 0 Å². The Hall–Kier alpha value is -3.32. The Bertz CT molecular complexity index is 1140. The van der Waals surface area contributed by atoms with E-state index in [0.717, 1.165) is 9.87 Å². The van der Waals surface area contributed by atoms with Crippen LogP contribution in [0.25, 0.3) is 11.1 Å². The number of hydrogen-bond acceptors (Lipinski definition) is 5. The minimum Gasteiger partial charge on any atom is -0.496 e. The highest BCUT2D eigenvalue weighted by atomic mass is 32.2. The summed E-state index contributed by atoms with van der Waals surface area (Å²) in [6.45, 7) is 1.31. The van der Waals surface area contributed by atoms with E-state index in [1.54, 1.807) is 25.1 Å². The van der Waals surface area contributed by atoms with Crippen LogP contribution in [0.4, 0.5) is 5.69 Å². The van der Waals surface area contributed by atoms with Crippen LogP contribution in [0.1, 0.15) is 5.56 Å². The molecular weight excluding hydrogens is 402 g/mol. The Kier molecular flexibility index (Phi) is 6.42. The fourth-order valence-electron chi connectivity index (χ4n) is 3.17. The topological polar surface area (TPSA) is 72.9 Å². The largest absolute Gasteiger partial charge is 0.496 e. The van der Waals surface area contributed by atoms with Crippen molar-refractivity contribution in [3.05, 3.63) is 78.4 Å². The zero-order chi connectivity index (χ0) is 21.7. The van der Waals surface area contributed by atoms with E-state index in [1.165, 1.54) is 26.4 Å². The van der Waals surface area contributed by atoms with Gasteiger partial charge in [-0.1, -0.05) is 48.5 Å². The van der Waals surface area contributed by atoms with Gasteiger partial charge >= 0.3 is 5.97 Å². The van der Waals surface area contributed by atoms with Crippen molar-refractivity contribution >= 4 is 21.7 Å². The van der Waals surface area contributed by atoms with Gasteiger partial charge in [-0.15, -0.1) is 0 Å². The van der Waals surface area contributed by atoms with Crippen molar-refractivity contribution in [2.24, 2.45) is 0 Å². The van der Waals surface area contributed by atoms with E-state index < -0.39 is 22.5 Å². The number of carbonyl (C=O) groups is 1. The van der Waals surface area contributed by atoms with E-state index in [-0.39, 0.29) is 4.90 Å². The van der Waals surface area contributed by atoms with Gasteiger partial charge in [-0.2, -0.15) is 0 Å². The van der Waals surface area contributed by atoms with Crippen molar-refractivity contribution in [2.75, 3.05) is 25.1 Å². The first kappa shape index (κ1) is 21.4. The van der Waals surface area contributed by atoms with E-state index in [2.05, 4.69) is 0 Å². The Morgan fingerprint density at radius 3 is 2.23 bits per heavy atom. The van der Waals surface area contributed by atoms with Gasteiger partial charge in [-0.3, -0.25) is 9.10 Å². The number of methoxy groups -OCH3 is 2. The second-order valence-electron chi connectivity index (χ2n) is 6.60. The van der Waals surface area contributed by atoms with Crippen LogP contribution in [-0.4, -0.2) is 35.2 Å². The molecule has 0 amide bonds. The van der Waals surface area contributed by atoms with Crippen LogP contribution in [0.2, 0.25) is 0 Å². The number of ether oxygens (including phenoxy) is 2. The number of nitrogens with zero attached hydrogens (tertiary/aromatic N) is 1. The van der Waals surface area contributed by atoms with E-state index >= 15 is 0 Å². The molecule has 0 bridgehead atoms. The molecule has 0 unspecified atom stereocenters. The van der Waals surface area contributed by atoms with Gasteiger partial charge in [0.25, 0.3) is 10.0 Å². The van der Waals surface area contributed by atoms with Crippen LogP contribution in [-0.2, 0) is 19.6 Å². The maximum Gasteiger partial charge on any atom is 0.326 e. The highest BCUT2D eigenvalue weighted by Gasteiger charge is 2.29. The van der Waals surface area contributed by atoms with E-state index in [0.29, 0.717) is 22.6 Å². The molecule has 3 aromatic rings. The number of anilines is 1. The molecule has 30 heavy (non-hydrogen) atoms. The van der Waals surface area contributed by atoms with Gasteiger partial charge in [0.15, 0.2) is 0 Å². The second kappa shape index (κ2) is 9.00. The van der Waals surface area contributed by atoms with Gasteiger partial charge in [0.2, 0.25) is 0 Å². The molecule has 0 N–H and O–H groups in total. The molecule has 0 aromatic heterocycles. The molecule has 0 heterocycles. The summed E-state index contributed by atoms with van der Waals surface area (Å²) in [6.07, 6.45) is 0. The van der Waals surface area contributed by atoms with Crippen LogP contribution < -0.4 is 9.04 Å². The zero-order valence-electron chi connectivity index (χ0n) is 17.0. The Labute approximate surface area is 176 Å². The van der Waals surface area contributed by atoms with Crippen molar-refractivity contribution in [3.8, 4) is 16.9 Å². The Morgan fingerprint density at radius 1 is 0.933 bits per heavy atom. The average molecular weight is 426 g/mol. The van der Waals surface area contributed by atoms with Gasteiger partial charge in [0, 0.05) is 5.56 Å². The summed E-state index contributed by atoms with van der Waals surface area (Å²) < 4.78 is 38.3. The highest BCUT2D eigenvalue weighted by Crippen LogP contribution is 2.34. The standard InChI is InChI=1S/C23H23NO5S/c1-17-15-19(13-14-22(17)28-2)30(26,27)24(16-23(25)29-3)21-12-8-7-11-20(21)18-9-5-4-6-10-18/h4-15H,16H2,1-3H3. The van der Waals surface area contributed by atoms with Crippen molar-refractivity contribution < 1.29 is 22.7 Å². The third kappa shape index (κ3) is 4.31. The fourth-order valence-corrected chi connectivity index (χ4v) is 4.69. The first-order chi connectivity index (χ1) is 14.4. The number of para-hydroxylation sites is 1. The van der Waals surface area contributed by atoms with E-state index in [4.69, 9.17) is 9.47 Å². The van der Waals surface area contributed by atoms with E-state index in [1.807, 2.05) is 42.5 Å². The Morgan fingerprint density at radius 2 is 1.60 bits per heavy atom. The minimum atomic E-state index is -4.06. The number of esters is 1. The fraction of sp³-hybridized carbons (Fsp3) is 0.174. The second-order valence-corrected chi connectivity index (χ2v) is 8.46. The summed E-state index contributed by atoms with van der Waals surface area (Å²) in [4.78, 5) is 12.2. The summed E-state index contributed by atoms with van der Waals surface area (Å²) in [5.41, 5.74) is 2.59. The number of carbonyl (C=O) groups excluding carboxylic acids is 1. The molecule has 0 spiro atoms. The molecule has 0 radical (unpaired) electrons. The molecule has 3 aromatic carbocycles. The minimum absolute atomic E-state index is 0.0626. The molecule has 156 valence electrons. The maximum atomic E-state index is 13.6. The third-order valence-corrected chi connectivity index (χ3v) is 6.47. The van der Waals surface area contributed by atoms with Crippen molar-refractivity contribution in [2.45, 2.75) is 11.8 Å². The first-order valence-electron chi connectivity index (χ1n) is 9.27. The quantitative estimate of drug-likeness (QED) is 0.534. The maximum absolute atomic E-state index is 13.6. The number of aryl methyl sites for hydroxylation is 1. The zero-order valence-corrected chi connectivity index (χ0v) is 17.8. The Balaban J connectivity index is 2.18. The smallest absolute Gasteiger partial charge is 0.326 e. The average Bonchev–Trinajstić information content (AvgIpc) is 2.77. The third-order valence-electron chi connectivity index (χ3n) is 4.71. The SMILES string of the molecule is COC(=O)CN(c1ccccc1-c1ccccc1)S(=O)(=O)c1ccc(OC)c(C)c1. The lowest BCUT2D eigenvalue weighted by atomic mass is 10.0. The molecule has 0 saturated heterocycles. The monoisotopic (exact) mass is 425 g/mol. The van der Waals surface area contributed by atoms with Crippen molar-refractivity contribution in [1.82, 2.24) is 0 Å². The number of benzene rings is 3. The molecule has 6 nitrogen and oxygen atoms in total. The summed E-state index contributed by atoms with van der Waals surface area (Å²) in [5.74, 6) is -0.0789. The predicted octanol–water partition coefficient (Wildman–Crippen LogP) is 4.04. The number of rotatable bonds is 7. The van der Waals surface area contributed by atoms with Gasteiger partial charge in [-0.25, -0.2) is 8.42 Å². The molecule has 3 rings (SSSR count). The molecule has 0 aliphatic rings. The van der Waals surface area contributed by atoms with Crippen LogP contribution in [0.3, 0.4) is 0 Å². The molecule has 0 aliphatic heterocycles. The lowest BCUT2D eigenvalue weighted by Gasteiger charge is -2.26. The first-order valence-corrected chi connectivity index (χ1v) is 10.7. The lowest BCUT2D eigenvalue weighted by Crippen LogP contribution is -2.36. The van der Waals surface area contributed by atoms with Crippen molar-refractivity contribution in [1.29, 1.82) is 0 Å². The number of sulfonamides is 1. The van der Waals surface area contributed by atoms with Crippen LogP contribution in [0.5, 0.6) is 5.75 Å². The highest BCUT2D eigenvalue weighted by molar-refractivity contribution is 7.92. The summed E-state index contributed by atoms with van der Waals surface area (Å²) in [6, 6.07) is 21.1. The predicted molar refractivity (Wildman–Crippen MR) is 116 cm³/mol. The summed E-state index contributed by atoms with van der Waals surface area (Å²) >= 11 is 0. The number of hydrogen-bond donors (Lipinski definition) is 0. The lowest BCUT2D eigenvalue weighted by molar-refractivity contribution is -0.138. The van der Waals surface area contributed by atoms with Crippen LogP contribution in [0.15, 0.2) is 77.7 Å². The summed E-state index contributed by atoms with van der Waals surface area (Å²) in [7, 11) is -1.31. The molecule has 0 fully saturated rings. The van der Waals surface area contributed by atoms with Gasteiger partial charge in [0.05, 0.1) is 24.8 Å². The van der Waals surface area contributed by atoms with Gasteiger partial charge in [-0.05, 0) is 42.3 Å². The molecule has 0 saturated carbocycles. The summed E-state index contributed by atoms with van der Waals surface area (Å²) in [5, 5.41) is 0. The van der Waals surface area contributed by atoms with Gasteiger partial charge < -0.3 is 9.47 Å². The normalized spacial score (nSPS) is 11.0. The van der Waals surface area contributed by atoms with Crippen molar-refractivity contribution in [3.63, 3.8) is 0 Å². The molecule has 7 heteroatoms. The molecule has 0 aliphatic carbocycles. The van der Waals surface area contributed by atoms with Crippen LogP contribution in [0, 0.1) is 6.92 Å². The van der Waals surface area contributed by atoms with Gasteiger partial charge in [0.1, 0.15) is 12.3 Å². The molecular formula is C23H23NO5S. The molecule has 0 atom stereocenters.